The van der Waals surface area contributed by atoms with Crippen molar-refractivity contribution in [3.05, 3.63) is 76.1 Å². The second-order valence-electron chi connectivity index (χ2n) is 5.94. The van der Waals surface area contributed by atoms with Gasteiger partial charge < -0.3 is 10.1 Å². The third-order valence-corrected chi connectivity index (χ3v) is 6.39. The highest BCUT2D eigenvalue weighted by Gasteiger charge is 2.21. The van der Waals surface area contributed by atoms with Crippen molar-refractivity contribution in [2.45, 2.75) is 11.8 Å². The second-order valence-corrected chi connectivity index (χ2v) is 8.98. The third kappa shape index (κ3) is 4.99. The summed E-state index contributed by atoms with van der Waals surface area (Å²) in [6, 6.07) is 13.4. The van der Waals surface area contributed by atoms with Crippen molar-refractivity contribution >= 4 is 55.5 Å². The number of carbonyl (C=O) groups is 2. The molecule has 0 aliphatic carbocycles. The smallest absolute Gasteiger partial charge is 0.341 e. The number of halogens is 1. The van der Waals surface area contributed by atoms with Crippen LogP contribution in [0.3, 0.4) is 0 Å². The summed E-state index contributed by atoms with van der Waals surface area (Å²) in [5.74, 6) is -1.12. The molecule has 2 N–H and O–H groups in total. The zero-order valence-electron chi connectivity index (χ0n) is 15.7. The van der Waals surface area contributed by atoms with E-state index >= 15 is 0 Å². The molecule has 2 aromatic carbocycles. The summed E-state index contributed by atoms with van der Waals surface area (Å²) < 4.78 is 32.7. The summed E-state index contributed by atoms with van der Waals surface area (Å²) >= 11 is 6.97. The highest BCUT2D eigenvalue weighted by Crippen LogP contribution is 2.27. The molecule has 0 fully saturated rings. The van der Waals surface area contributed by atoms with Crippen molar-refractivity contribution in [2.24, 2.45) is 0 Å². The van der Waals surface area contributed by atoms with Crippen molar-refractivity contribution in [3.8, 4) is 0 Å². The van der Waals surface area contributed by atoms with Gasteiger partial charge in [-0.05, 0) is 54.8 Å². The molecule has 0 unspecified atom stereocenters. The highest BCUT2D eigenvalue weighted by molar-refractivity contribution is 7.92. The largest absolute Gasteiger partial charge is 0.462 e. The van der Waals surface area contributed by atoms with Gasteiger partial charge in [-0.3, -0.25) is 9.52 Å². The van der Waals surface area contributed by atoms with Gasteiger partial charge in [0.25, 0.3) is 15.9 Å². The normalized spacial score (nSPS) is 11.0. The fraction of sp³-hybridized carbons (Fsp3) is 0.100. The van der Waals surface area contributed by atoms with Crippen molar-refractivity contribution in [3.63, 3.8) is 0 Å². The fourth-order valence-electron chi connectivity index (χ4n) is 2.53. The average molecular weight is 465 g/mol. The molecule has 3 rings (SSSR count). The Hall–Kier alpha value is -2.88. The topological polar surface area (TPSA) is 102 Å². The van der Waals surface area contributed by atoms with Gasteiger partial charge in [0.2, 0.25) is 0 Å². The average Bonchev–Trinajstić information content (AvgIpc) is 3.17. The zero-order chi connectivity index (χ0) is 21.7. The predicted octanol–water partition coefficient (Wildman–Crippen LogP) is 4.63. The van der Waals surface area contributed by atoms with E-state index in [1.54, 1.807) is 30.5 Å². The number of amides is 1. The molecule has 0 atom stereocenters. The fourth-order valence-corrected chi connectivity index (χ4v) is 4.51. The molecular formula is C20H17ClN2O5S2. The zero-order valence-corrected chi connectivity index (χ0v) is 18.1. The van der Waals surface area contributed by atoms with Crippen LogP contribution in [0.15, 0.2) is 64.9 Å². The minimum absolute atomic E-state index is 0.00460. The number of hydrogen-bond acceptors (Lipinski definition) is 6. The number of hydrogen-bond donors (Lipinski definition) is 2. The number of anilines is 2. The van der Waals surface area contributed by atoms with Crippen molar-refractivity contribution in [1.82, 2.24) is 0 Å². The van der Waals surface area contributed by atoms with Gasteiger partial charge in [-0.1, -0.05) is 23.7 Å². The molecule has 3 aromatic rings. The second kappa shape index (κ2) is 9.29. The lowest BCUT2D eigenvalue weighted by atomic mass is 10.1. The van der Waals surface area contributed by atoms with E-state index in [9.17, 15) is 18.0 Å². The van der Waals surface area contributed by atoms with Gasteiger partial charge in [0.05, 0.1) is 28.3 Å². The van der Waals surface area contributed by atoms with E-state index in [4.69, 9.17) is 16.3 Å². The van der Waals surface area contributed by atoms with Crippen LogP contribution in [-0.2, 0) is 14.8 Å². The Morgan fingerprint density at radius 2 is 1.73 bits per heavy atom. The first-order chi connectivity index (χ1) is 14.3. The number of carbonyl (C=O) groups excluding carboxylic acids is 2. The maximum Gasteiger partial charge on any atom is 0.341 e. The van der Waals surface area contributed by atoms with Crippen LogP contribution in [0.5, 0.6) is 0 Å². The monoisotopic (exact) mass is 464 g/mol. The highest BCUT2D eigenvalue weighted by atomic mass is 35.5. The minimum Gasteiger partial charge on any atom is -0.462 e. The third-order valence-electron chi connectivity index (χ3n) is 3.93. The quantitative estimate of drug-likeness (QED) is 0.496. The maximum absolute atomic E-state index is 12.8. The summed E-state index contributed by atoms with van der Waals surface area (Å²) in [5.41, 5.74) is 0.423. The first kappa shape index (κ1) is 21.8. The molecule has 0 saturated carbocycles. The van der Waals surface area contributed by atoms with Crippen molar-refractivity contribution < 1.29 is 22.7 Å². The Bertz CT molecular complexity index is 1170. The van der Waals surface area contributed by atoms with Crippen LogP contribution in [0.25, 0.3) is 0 Å². The summed E-state index contributed by atoms with van der Waals surface area (Å²) in [6.45, 7) is 1.89. The molecule has 30 heavy (non-hydrogen) atoms. The molecule has 156 valence electrons. The SMILES string of the molecule is CCOC(=O)c1ccsc1NC(=O)c1ccccc1NS(=O)(=O)c1ccc(Cl)cc1. The van der Waals surface area contributed by atoms with Crippen LogP contribution < -0.4 is 10.0 Å². The van der Waals surface area contributed by atoms with Gasteiger partial charge >= 0.3 is 5.97 Å². The molecule has 1 amide bonds. The lowest BCUT2D eigenvalue weighted by Gasteiger charge is -2.13. The van der Waals surface area contributed by atoms with Gasteiger partial charge in [-0.25, -0.2) is 13.2 Å². The van der Waals surface area contributed by atoms with E-state index in [-0.39, 0.29) is 28.3 Å². The number of benzene rings is 2. The lowest BCUT2D eigenvalue weighted by Crippen LogP contribution is -2.19. The van der Waals surface area contributed by atoms with Crippen molar-refractivity contribution in [2.75, 3.05) is 16.6 Å². The molecule has 1 heterocycles. The summed E-state index contributed by atoms with van der Waals surface area (Å²) in [7, 11) is -3.94. The molecule has 10 heteroatoms. The molecule has 0 spiro atoms. The van der Waals surface area contributed by atoms with Gasteiger partial charge in [-0.2, -0.15) is 0 Å². The molecule has 0 aliphatic heterocycles. The van der Waals surface area contributed by atoms with Crippen LogP contribution in [0.4, 0.5) is 10.7 Å². The van der Waals surface area contributed by atoms with E-state index in [2.05, 4.69) is 10.0 Å². The Morgan fingerprint density at radius 3 is 2.43 bits per heavy atom. The Labute approximate surface area is 182 Å². The predicted molar refractivity (Wildman–Crippen MR) is 117 cm³/mol. The van der Waals surface area contributed by atoms with E-state index in [1.165, 1.54) is 36.4 Å². The Balaban J connectivity index is 1.85. The van der Waals surface area contributed by atoms with E-state index in [0.29, 0.717) is 10.0 Å². The first-order valence-corrected chi connectivity index (χ1v) is 11.5. The molecule has 0 saturated heterocycles. The van der Waals surface area contributed by atoms with Crippen LogP contribution in [-0.4, -0.2) is 26.9 Å². The number of sulfonamides is 1. The van der Waals surface area contributed by atoms with Gasteiger partial charge in [0.15, 0.2) is 0 Å². The molecular weight excluding hydrogens is 448 g/mol. The number of thiophene rings is 1. The number of rotatable bonds is 7. The number of nitrogens with one attached hydrogen (secondary N) is 2. The molecule has 1 aromatic heterocycles. The summed E-state index contributed by atoms with van der Waals surface area (Å²) in [4.78, 5) is 24.8. The van der Waals surface area contributed by atoms with Crippen LogP contribution >= 0.6 is 22.9 Å². The minimum atomic E-state index is -3.94. The van der Waals surface area contributed by atoms with Gasteiger partial charge in [0, 0.05) is 5.02 Å². The molecule has 0 radical (unpaired) electrons. The van der Waals surface area contributed by atoms with E-state index in [1.807, 2.05) is 0 Å². The van der Waals surface area contributed by atoms with E-state index < -0.39 is 21.9 Å². The molecule has 0 bridgehead atoms. The first-order valence-electron chi connectivity index (χ1n) is 8.75. The van der Waals surface area contributed by atoms with Crippen LogP contribution in [0.1, 0.15) is 27.6 Å². The maximum atomic E-state index is 12.8. The van der Waals surface area contributed by atoms with Crippen molar-refractivity contribution in [1.29, 1.82) is 0 Å². The Kier molecular flexibility index (Phi) is 6.76. The number of para-hydroxylation sites is 1. The van der Waals surface area contributed by atoms with Gasteiger partial charge in [-0.15, -0.1) is 11.3 Å². The lowest BCUT2D eigenvalue weighted by molar-refractivity contribution is 0.0528. The van der Waals surface area contributed by atoms with Crippen LogP contribution in [0, 0.1) is 0 Å². The van der Waals surface area contributed by atoms with Crippen LogP contribution in [0.2, 0.25) is 5.02 Å². The Morgan fingerprint density at radius 1 is 1.03 bits per heavy atom. The number of ether oxygens (including phenoxy) is 1. The van der Waals surface area contributed by atoms with E-state index in [0.717, 1.165) is 11.3 Å². The summed E-state index contributed by atoms with van der Waals surface area (Å²) in [5, 5.41) is 5.01. The number of esters is 1. The molecule has 7 nitrogen and oxygen atoms in total. The molecule has 0 aliphatic rings. The standard InChI is InChI=1S/C20H17ClN2O5S2/c1-2-28-20(25)16-11-12-29-19(16)22-18(24)15-5-3-4-6-17(15)23-30(26,27)14-9-7-13(21)8-10-14/h3-12,23H,2H2,1H3,(H,22,24). The summed E-state index contributed by atoms with van der Waals surface area (Å²) in [6.07, 6.45) is 0. The van der Waals surface area contributed by atoms with Gasteiger partial charge in [0.1, 0.15) is 5.00 Å².